The van der Waals surface area contributed by atoms with Gasteiger partial charge in [0.2, 0.25) is 0 Å². The fraction of sp³-hybridized carbons (Fsp3) is 0.333. The summed E-state index contributed by atoms with van der Waals surface area (Å²) in [4.78, 5) is 0. The zero-order valence-corrected chi connectivity index (χ0v) is 13.4. The van der Waals surface area contributed by atoms with Crippen molar-refractivity contribution >= 4 is 0 Å². The summed E-state index contributed by atoms with van der Waals surface area (Å²) in [7, 11) is 0. The molecule has 1 aliphatic heterocycles. The molecule has 0 fully saturated rings. The van der Waals surface area contributed by atoms with Crippen LogP contribution in [0.1, 0.15) is 35.1 Å². The third-order valence-corrected chi connectivity index (χ3v) is 4.18. The summed E-state index contributed by atoms with van der Waals surface area (Å²) in [5.41, 5.74) is 5.26. The molecule has 1 nitrogen and oxygen atoms in total. The fourth-order valence-corrected chi connectivity index (χ4v) is 3.20. The molecule has 0 amide bonds. The van der Waals surface area contributed by atoms with Crippen molar-refractivity contribution < 1.29 is 4.74 Å². The average molecular weight is 294 g/mol. The monoisotopic (exact) mass is 294 g/mol. The molecule has 0 N–H and O–H groups in total. The minimum Gasteiger partial charge on any atom is -0.489 e. The van der Waals surface area contributed by atoms with Crippen molar-refractivity contribution in [2.24, 2.45) is 0 Å². The highest BCUT2D eigenvalue weighted by Crippen LogP contribution is 2.38. The zero-order chi connectivity index (χ0) is 15.9. The summed E-state index contributed by atoms with van der Waals surface area (Å²) in [5, 5.41) is 0. The second kappa shape index (κ2) is 7.84. The Morgan fingerprint density at radius 1 is 0.955 bits per heavy atom. The third-order valence-electron chi connectivity index (χ3n) is 4.18. The van der Waals surface area contributed by atoms with E-state index in [0.29, 0.717) is 0 Å². The van der Waals surface area contributed by atoms with Gasteiger partial charge in [-0.2, -0.15) is 0 Å². The van der Waals surface area contributed by atoms with Crippen LogP contribution in [0.4, 0.5) is 0 Å². The first kappa shape index (κ1) is 16.4. The predicted molar refractivity (Wildman–Crippen MR) is 95.7 cm³/mol. The molecular formula is C21H26O. The third kappa shape index (κ3) is 3.41. The molecule has 1 aliphatic rings. The maximum Gasteiger partial charge on any atom is 0.126 e. The highest BCUT2D eigenvalue weighted by molar-refractivity contribution is 5.54. The van der Waals surface area contributed by atoms with Crippen LogP contribution in [0.15, 0.2) is 56.7 Å². The highest BCUT2D eigenvalue weighted by Gasteiger charge is 2.25. The first-order chi connectivity index (χ1) is 10.7. The van der Waals surface area contributed by atoms with Gasteiger partial charge in [0.25, 0.3) is 0 Å². The molecule has 1 unspecified atom stereocenters. The molecule has 0 saturated carbocycles. The van der Waals surface area contributed by atoms with Crippen molar-refractivity contribution in [3.05, 3.63) is 78.9 Å². The maximum atomic E-state index is 6.34. The van der Waals surface area contributed by atoms with E-state index in [2.05, 4.69) is 32.4 Å². The van der Waals surface area contributed by atoms with E-state index in [1.807, 2.05) is 24.3 Å². The van der Waals surface area contributed by atoms with Crippen molar-refractivity contribution in [2.45, 2.75) is 44.6 Å². The van der Waals surface area contributed by atoms with E-state index < -0.39 is 0 Å². The van der Waals surface area contributed by atoms with E-state index in [4.69, 9.17) is 4.74 Å². The molecule has 0 spiro atoms. The standard InChI is InChI=1S/C21H26O/c1-5-9-16-15-17(10-6-2)20-14-13-18(11-7-3)22-21(20)19(16)12-8-4/h5-8,15,18H,1-4,9-14H2. The Morgan fingerprint density at radius 3 is 2.27 bits per heavy atom. The second-order valence-corrected chi connectivity index (χ2v) is 5.76. The van der Waals surface area contributed by atoms with Crippen LogP contribution in [0, 0.1) is 0 Å². The van der Waals surface area contributed by atoms with Crippen molar-refractivity contribution in [3.63, 3.8) is 0 Å². The first-order valence-electron chi connectivity index (χ1n) is 8.01. The van der Waals surface area contributed by atoms with Crippen LogP contribution >= 0.6 is 0 Å². The van der Waals surface area contributed by atoms with Crippen molar-refractivity contribution in [1.29, 1.82) is 0 Å². The van der Waals surface area contributed by atoms with E-state index in [9.17, 15) is 0 Å². The van der Waals surface area contributed by atoms with Gasteiger partial charge in [-0.05, 0) is 48.8 Å². The van der Waals surface area contributed by atoms with Crippen molar-refractivity contribution in [2.75, 3.05) is 0 Å². The molecule has 0 saturated heterocycles. The first-order valence-corrected chi connectivity index (χ1v) is 8.01. The van der Waals surface area contributed by atoms with Crippen LogP contribution < -0.4 is 4.74 Å². The molecule has 0 radical (unpaired) electrons. The van der Waals surface area contributed by atoms with E-state index in [1.54, 1.807) is 0 Å². The largest absolute Gasteiger partial charge is 0.489 e. The van der Waals surface area contributed by atoms with Gasteiger partial charge in [-0.15, -0.1) is 26.3 Å². The minimum atomic E-state index is 0.240. The lowest BCUT2D eigenvalue weighted by Gasteiger charge is -2.30. The van der Waals surface area contributed by atoms with Crippen molar-refractivity contribution in [3.8, 4) is 5.75 Å². The van der Waals surface area contributed by atoms with Crippen LogP contribution in [-0.2, 0) is 25.7 Å². The van der Waals surface area contributed by atoms with Gasteiger partial charge in [0, 0.05) is 12.0 Å². The lowest BCUT2D eigenvalue weighted by atomic mass is 9.87. The number of hydrogen-bond acceptors (Lipinski definition) is 1. The molecule has 1 heterocycles. The SMILES string of the molecule is C=CCc1cc(CC=C)c2c(c1CC=C)OC(CC=C)CC2. The highest BCUT2D eigenvalue weighted by atomic mass is 16.5. The summed E-state index contributed by atoms with van der Waals surface area (Å²) in [6.45, 7) is 15.5. The summed E-state index contributed by atoms with van der Waals surface area (Å²) in [5.74, 6) is 1.08. The Balaban J connectivity index is 2.54. The molecule has 0 aromatic heterocycles. The lowest BCUT2D eigenvalue weighted by Crippen LogP contribution is -2.24. The number of allylic oxidation sites excluding steroid dienone is 3. The van der Waals surface area contributed by atoms with Crippen molar-refractivity contribution in [1.82, 2.24) is 0 Å². The van der Waals surface area contributed by atoms with Gasteiger partial charge in [-0.1, -0.05) is 30.4 Å². The van der Waals surface area contributed by atoms with Gasteiger partial charge in [-0.25, -0.2) is 0 Å². The molecule has 0 aliphatic carbocycles. The molecule has 1 aromatic rings. The normalized spacial score (nSPS) is 16.3. The smallest absolute Gasteiger partial charge is 0.126 e. The molecule has 22 heavy (non-hydrogen) atoms. The minimum absolute atomic E-state index is 0.240. The summed E-state index contributed by atoms with van der Waals surface area (Å²) < 4.78 is 6.34. The Kier molecular flexibility index (Phi) is 5.83. The molecule has 1 atom stereocenters. The average Bonchev–Trinajstić information content (AvgIpc) is 2.51. The summed E-state index contributed by atoms with van der Waals surface area (Å²) in [6.07, 6.45) is 13.7. The Bertz CT molecular complexity index is 580. The van der Waals surface area contributed by atoms with Crippen LogP contribution in [0.2, 0.25) is 0 Å². The van der Waals surface area contributed by atoms with E-state index in [0.717, 1.165) is 44.3 Å². The van der Waals surface area contributed by atoms with Gasteiger partial charge in [0.15, 0.2) is 0 Å². The van der Waals surface area contributed by atoms with Gasteiger partial charge >= 0.3 is 0 Å². The Hall–Kier alpha value is -2.02. The maximum absolute atomic E-state index is 6.34. The van der Waals surface area contributed by atoms with Gasteiger partial charge < -0.3 is 4.74 Å². The topological polar surface area (TPSA) is 9.23 Å². The van der Waals surface area contributed by atoms with Crippen LogP contribution in [0.5, 0.6) is 5.75 Å². The molecule has 2 rings (SSSR count). The quantitative estimate of drug-likeness (QED) is 0.603. The predicted octanol–water partition coefficient (Wildman–Crippen LogP) is 5.14. The second-order valence-electron chi connectivity index (χ2n) is 5.76. The van der Waals surface area contributed by atoms with Crippen LogP contribution in [0.25, 0.3) is 0 Å². The lowest BCUT2D eigenvalue weighted by molar-refractivity contribution is 0.174. The van der Waals surface area contributed by atoms with Gasteiger partial charge in [0.05, 0.1) is 0 Å². The van der Waals surface area contributed by atoms with Crippen LogP contribution in [-0.4, -0.2) is 6.10 Å². The van der Waals surface area contributed by atoms with E-state index >= 15 is 0 Å². The van der Waals surface area contributed by atoms with Crippen LogP contribution in [0.3, 0.4) is 0 Å². The fourth-order valence-electron chi connectivity index (χ4n) is 3.20. The molecule has 116 valence electrons. The van der Waals surface area contributed by atoms with Gasteiger partial charge in [0.1, 0.15) is 11.9 Å². The zero-order valence-electron chi connectivity index (χ0n) is 13.4. The van der Waals surface area contributed by atoms with Gasteiger partial charge in [-0.3, -0.25) is 0 Å². The number of benzene rings is 1. The number of hydrogen-bond donors (Lipinski definition) is 0. The number of ether oxygens (including phenoxy) is 1. The Morgan fingerprint density at radius 2 is 1.64 bits per heavy atom. The number of rotatable bonds is 8. The Labute approximate surface area is 134 Å². The summed E-state index contributed by atoms with van der Waals surface area (Å²) >= 11 is 0. The van der Waals surface area contributed by atoms with E-state index in [-0.39, 0.29) is 6.10 Å². The summed E-state index contributed by atoms with van der Waals surface area (Å²) in [6, 6.07) is 2.30. The molecular weight excluding hydrogens is 268 g/mol. The molecule has 1 aromatic carbocycles. The number of fused-ring (bicyclic) bond motifs is 1. The molecule has 1 heteroatoms. The van der Waals surface area contributed by atoms with E-state index in [1.165, 1.54) is 22.3 Å². The molecule has 0 bridgehead atoms.